The van der Waals surface area contributed by atoms with Crippen LogP contribution in [0.4, 0.5) is 0 Å². The Balaban J connectivity index is 3.23. The lowest BCUT2D eigenvalue weighted by atomic mass is 10.2. The first kappa shape index (κ1) is 17.4. The molecule has 110 valence electrons. The summed E-state index contributed by atoms with van der Waals surface area (Å²) >= 11 is 0. The lowest BCUT2D eigenvalue weighted by Crippen LogP contribution is -2.29. The molecule has 0 atom stereocenters. The van der Waals surface area contributed by atoms with E-state index >= 15 is 0 Å². The summed E-state index contributed by atoms with van der Waals surface area (Å²) in [6.45, 7) is 2.04. The van der Waals surface area contributed by atoms with Crippen molar-refractivity contribution in [3.05, 3.63) is 0 Å². The smallest absolute Gasteiger partial charge is 0.329 e. The van der Waals surface area contributed by atoms with Crippen molar-refractivity contribution in [3.63, 3.8) is 0 Å². The van der Waals surface area contributed by atoms with Crippen LogP contribution in [0.2, 0.25) is 0 Å². The maximum Gasteiger partial charge on any atom is 0.329 e. The summed E-state index contributed by atoms with van der Waals surface area (Å²) in [6.07, 6.45) is 3.74. The second-order valence-electron chi connectivity index (χ2n) is 4.13. The van der Waals surface area contributed by atoms with Gasteiger partial charge >= 0.3 is 5.97 Å². The van der Waals surface area contributed by atoms with Crippen molar-refractivity contribution in [2.75, 3.05) is 26.3 Å². The Bertz CT molecular complexity index is 294. The van der Waals surface area contributed by atoms with Gasteiger partial charge in [0.1, 0.15) is 13.2 Å². The summed E-state index contributed by atoms with van der Waals surface area (Å²) < 4.78 is 4.64. The van der Waals surface area contributed by atoms with E-state index in [1.165, 1.54) is 6.92 Å². The number of ether oxygens (including phenoxy) is 1. The monoisotopic (exact) mass is 274 g/mol. The molecule has 0 heterocycles. The summed E-state index contributed by atoms with van der Waals surface area (Å²) in [5, 5.41) is 13.6. The van der Waals surface area contributed by atoms with Crippen molar-refractivity contribution in [1.82, 2.24) is 10.6 Å². The molecule has 3 N–H and O–H groups in total. The summed E-state index contributed by atoms with van der Waals surface area (Å²) in [5.74, 6) is -1.42. The second-order valence-corrected chi connectivity index (χ2v) is 4.13. The number of rotatable bonds is 11. The van der Waals surface area contributed by atoms with Crippen LogP contribution in [-0.4, -0.2) is 49.2 Å². The molecule has 0 radical (unpaired) electrons. The van der Waals surface area contributed by atoms with Crippen LogP contribution >= 0.6 is 0 Å². The zero-order valence-electron chi connectivity index (χ0n) is 11.2. The lowest BCUT2D eigenvalue weighted by molar-refractivity contribution is -0.143. The fourth-order valence-electron chi connectivity index (χ4n) is 1.38. The van der Waals surface area contributed by atoms with Crippen LogP contribution in [0.5, 0.6) is 0 Å². The Morgan fingerprint density at radius 2 is 1.53 bits per heavy atom. The van der Waals surface area contributed by atoms with Crippen LogP contribution in [-0.2, 0) is 19.1 Å². The van der Waals surface area contributed by atoms with E-state index in [9.17, 15) is 14.4 Å². The molecule has 0 aliphatic carbocycles. The number of aliphatic carboxylic acids is 1. The first-order valence-electron chi connectivity index (χ1n) is 6.33. The molecule has 0 spiro atoms. The van der Waals surface area contributed by atoms with Crippen molar-refractivity contribution in [2.24, 2.45) is 0 Å². The first-order chi connectivity index (χ1) is 9.02. The third kappa shape index (κ3) is 14.3. The molecule has 0 rings (SSSR count). The van der Waals surface area contributed by atoms with Crippen molar-refractivity contribution in [2.45, 2.75) is 32.6 Å². The highest BCUT2D eigenvalue weighted by atomic mass is 16.5. The maximum absolute atomic E-state index is 11.2. The minimum Gasteiger partial charge on any atom is -0.480 e. The molecule has 0 saturated carbocycles. The lowest BCUT2D eigenvalue weighted by Gasteiger charge is -2.05. The Morgan fingerprint density at radius 1 is 0.947 bits per heavy atom. The van der Waals surface area contributed by atoms with Crippen molar-refractivity contribution >= 4 is 17.8 Å². The van der Waals surface area contributed by atoms with E-state index in [4.69, 9.17) is 5.11 Å². The van der Waals surface area contributed by atoms with Gasteiger partial charge in [-0.05, 0) is 12.8 Å². The van der Waals surface area contributed by atoms with E-state index in [-0.39, 0.29) is 18.4 Å². The van der Waals surface area contributed by atoms with Crippen molar-refractivity contribution < 1.29 is 24.2 Å². The van der Waals surface area contributed by atoms with Gasteiger partial charge in [-0.15, -0.1) is 0 Å². The van der Waals surface area contributed by atoms with E-state index in [0.717, 1.165) is 25.7 Å². The van der Waals surface area contributed by atoms with Gasteiger partial charge in [0.05, 0.1) is 0 Å². The highest BCUT2D eigenvalue weighted by molar-refractivity contribution is 5.77. The minimum atomic E-state index is -1.09. The average Bonchev–Trinajstić information content (AvgIpc) is 2.31. The van der Waals surface area contributed by atoms with E-state index < -0.39 is 12.6 Å². The Labute approximate surface area is 112 Å². The van der Waals surface area contributed by atoms with Crippen LogP contribution in [0.15, 0.2) is 0 Å². The van der Waals surface area contributed by atoms with Gasteiger partial charge in [-0.3, -0.25) is 9.59 Å². The van der Waals surface area contributed by atoms with Crippen LogP contribution in [0, 0.1) is 0 Å². The fraction of sp³-hybridized carbons (Fsp3) is 0.750. The van der Waals surface area contributed by atoms with Crippen LogP contribution in [0.3, 0.4) is 0 Å². The standard InChI is InChI=1S/C12H22N2O5/c1-10(15)13-6-4-2-3-5-7-14-11(16)8-19-9-12(17)18/h2-9H2,1H3,(H,13,15)(H,14,16)(H,17,18). The largest absolute Gasteiger partial charge is 0.480 e. The molecule has 0 bridgehead atoms. The summed E-state index contributed by atoms with van der Waals surface area (Å²) in [4.78, 5) is 31.9. The molecule has 7 heteroatoms. The highest BCUT2D eigenvalue weighted by Gasteiger charge is 2.02. The Kier molecular flexibility index (Phi) is 10.5. The van der Waals surface area contributed by atoms with Crippen LogP contribution in [0.25, 0.3) is 0 Å². The number of carbonyl (C=O) groups excluding carboxylic acids is 2. The van der Waals surface area contributed by atoms with E-state index in [0.29, 0.717) is 13.1 Å². The quantitative estimate of drug-likeness (QED) is 0.456. The summed E-state index contributed by atoms with van der Waals surface area (Å²) in [5.41, 5.74) is 0. The van der Waals surface area contributed by atoms with E-state index in [1.807, 2.05) is 0 Å². The van der Waals surface area contributed by atoms with E-state index in [2.05, 4.69) is 15.4 Å². The van der Waals surface area contributed by atoms with Gasteiger partial charge in [-0.25, -0.2) is 4.79 Å². The Hall–Kier alpha value is -1.63. The number of carboxylic acids is 1. The van der Waals surface area contributed by atoms with Crippen molar-refractivity contribution in [3.8, 4) is 0 Å². The molecular weight excluding hydrogens is 252 g/mol. The molecule has 0 aliphatic heterocycles. The zero-order chi connectivity index (χ0) is 14.5. The van der Waals surface area contributed by atoms with Crippen molar-refractivity contribution in [1.29, 1.82) is 0 Å². The van der Waals surface area contributed by atoms with E-state index in [1.54, 1.807) is 0 Å². The van der Waals surface area contributed by atoms with Crippen LogP contribution < -0.4 is 10.6 Å². The topological polar surface area (TPSA) is 105 Å². The average molecular weight is 274 g/mol. The SMILES string of the molecule is CC(=O)NCCCCCCNC(=O)COCC(=O)O. The van der Waals surface area contributed by atoms with Gasteiger partial charge in [-0.2, -0.15) is 0 Å². The molecule has 0 fully saturated rings. The molecule has 0 saturated heterocycles. The van der Waals surface area contributed by atoms with Gasteiger partial charge in [0.15, 0.2) is 0 Å². The number of carboxylic acid groups (broad SMARTS) is 1. The highest BCUT2D eigenvalue weighted by Crippen LogP contribution is 1.97. The molecule has 0 aromatic carbocycles. The number of nitrogens with one attached hydrogen (secondary N) is 2. The fourth-order valence-corrected chi connectivity index (χ4v) is 1.38. The zero-order valence-corrected chi connectivity index (χ0v) is 11.2. The van der Waals surface area contributed by atoms with Gasteiger partial charge in [0, 0.05) is 20.0 Å². The third-order valence-electron chi connectivity index (χ3n) is 2.26. The normalized spacial score (nSPS) is 9.95. The van der Waals surface area contributed by atoms with Gasteiger partial charge in [-0.1, -0.05) is 12.8 Å². The number of carbonyl (C=O) groups is 3. The molecule has 2 amide bonds. The summed E-state index contributed by atoms with van der Waals surface area (Å²) in [6, 6.07) is 0. The number of hydrogen-bond acceptors (Lipinski definition) is 4. The van der Waals surface area contributed by atoms with Gasteiger partial charge in [0.25, 0.3) is 0 Å². The third-order valence-corrected chi connectivity index (χ3v) is 2.26. The maximum atomic E-state index is 11.2. The van der Waals surface area contributed by atoms with Gasteiger partial charge < -0.3 is 20.5 Å². The molecular formula is C12H22N2O5. The molecule has 0 aromatic rings. The molecule has 7 nitrogen and oxygen atoms in total. The molecule has 0 unspecified atom stereocenters. The van der Waals surface area contributed by atoms with Crippen LogP contribution in [0.1, 0.15) is 32.6 Å². The predicted octanol–water partition coefficient (Wildman–Crippen LogP) is -0.0997. The first-order valence-corrected chi connectivity index (χ1v) is 6.33. The number of unbranched alkanes of at least 4 members (excludes halogenated alkanes) is 3. The predicted molar refractivity (Wildman–Crippen MR) is 68.6 cm³/mol. The second kappa shape index (κ2) is 11.5. The molecule has 0 aromatic heterocycles. The number of amides is 2. The molecule has 19 heavy (non-hydrogen) atoms. The summed E-state index contributed by atoms with van der Waals surface area (Å²) in [7, 11) is 0. The Morgan fingerprint density at radius 3 is 2.05 bits per heavy atom. The van der Waals surface area contributed by atoms with Gasteiger partial charge in [0.2, 0.25) is 11.8 Å². The molecule has 0 aliphatic rings. The minimum absolute atomic E-state index is 0.0198. The number of hydrogen-bond donors (Lipinski definition) is 3.